The number of nitrogens with one attached hydrogen (secondary N) is 3. The Morgan fingerprint density at radius 1 is 1.00 bits per heavy atom. The zero-order valence-electron chi connectivity index (χ0n) is 14.3. The van der Waals surface area contributed by atoms with Gasteiger partial charge in [0, 0.05) is 22.8 Å². The lowest BCUT2D eigenvalue weighted by molar-refractivity contribution is -0.123. The molecule has 2 aromatic carbocycles. The van der Waals surface area contributed by atoms with Crippen LogP contribution in [0.1, 0.15) is 16.7 Å². The lowest BCUT2D eigenvalue weighted by Gasteiger charge is -2.08. The summed E-state index contributed by atoms with van der Waals surface area (Å²) < 4.78 is 0. The minimum absolute atomic E-state index is 0.0475. The van der Waals surface area contributed by atoms with Gasteiger partial charge in [0.25, 0.3) is 0 Å². The van der Waals surface area contributed by atoms with Gasteiger partial charge in [0.15, 0.2) is 0 Å². The number of aromatic nitrogens is 1. The SMILES string of the molecule is Cc1ccc(NC(=O)CNC(=O)Cc2c[nH]c3ccccc23)cc1C. The van der Waals surface area contributed by atoms with E-state index in [0.717, 1.165) is 27.7 Å². The topological polar surface area (TPSA) is 74.0 Å². The second-order valence-electron chi connectivity index (χ2n) is 6.16. The van der Waals surface area contributed by atoms with Crippen LogP contribution < -0.4 is 10.6 Å². The van der Waals surface area contributed by atoms with E-state index in [4.69, 9.17) is 0 Å². The first-order chi connectivity index (χ1) is 12.0. The lowest BCUT2D eigenvalue weighted by atomic mass is 10.1. The minimum atomic E-state index is -0.240. The Hall–Kier alpha value is -3.08. The minimum Gasteiger partial charge on any atom is -0.361 e. The van der Waals surface area contributed by atoms with Crippen molar-refractivity contribution in [1.29, 1.82) is 0 Å². The maximum atomic E-state index is 12.1. The van der Waals surface area contributed by atoms with Crippen LogP contribution >= 0.6 is 0 Å². The summed E-state index contributed by atoms with van der Waals surface area (Å²) in [5.74, 6) is -0.421. The van der Waals surface area contributed by atoms with Gasteiger partial charge in [-0.2, -0.15) is 0 Å². The average Bonchev–Trinajstić information content (AvgIpc) is 2.99. The number of rotatable bonds is 5. The molecule has 5 heteroatoms. The van der Waals surface area contributed by atoms with Gasteiger partial charge >= 0.3 is 0 Å². The number of hydrogen-bond acceptors (Lipinski definition) is 2. The highest BCUT2D eigenvalue weighted by molar-refractivity contribution is 5.95. The zero-order valence-corrected chi connectivity index (χ0v) is 14.3. The molecule has 0 radical (unpaired) electrons. The van der Waals surface area contributed by atoms with Crippen LogP contribution in [0.4, 0.5) is 5.69 Å². The summed E-state index contributed by atoms with van der Waals surface area (Å²) in [5, 5.41) is 6.49. The van der Waals surface area contributed by atoms with E-state index in [0.29, 0.717) is 0 Å². The van der Waals surface area contributed by atoms with E-state index in [9.17, 15) is 9.59 Å². The first-order valence-electron chi connectivity index (χ1n) is 8.22. The average molecular weight is 335 g/mol. The van der Waals surface area contributed by atoms with Gasteiger partial charge in [0.05, 0.1) is 13.0 Å². The number of benzene rings is 2. The normalized spacial score (nSPS) is 10.6. The van der Waals surface area contributed by atoms with E-state index in [-0.39, 0.29) is 24.8 Å². The number of H-pyrrole nitrogens is 1. The molecule has 0 fully saturated rings. The van der Waals surface area contributed by atoms with Crippen LogP contribution in [0.2, 0.25) is 0 Å². The Balaban J connectivity index is 1.53. The predicted octanol–water partition coefficient (Wildman–Crippen LogP) is 3.08. The van der Waals surface area contributed by atoms with Gasteiger partial charge in [-0.3, -0.25) is 9.59 Å². The number of para-hydroxylation sites is 1. The van der Waals surface area contributed by atoms with Crippen LogP contribution in [0.3, 0.4) is 0 Å². The molecule has 25 heavy (non-hydrogen) atoms. The molecule has 3 aromatic rings. The molecule has 3 rings (SSSR count). The first-order valence-corrected chi connectivity index (χ1v) is 8.22. The summed E-state index contributed by atoms with van der Waals surface area (Å²) in [6.07, 6.45) is 2.07. The Morgan fingerprint density at radius 2 is 1.80 bits per heavy atom. The number of carbonyl (C=O) groups is 2. The van der Waals surface area contributed by atoms with Crippen molar-refractivity contribution in [3.05, 3.63) is 65.4 Å². The maximum absolute atomic E-state index is 12.1. The van der Waals surface area contributed by atoms with E-state index in [1.54, 1.807) is 0 Å². The number of amides is 2. The summed E-state index contributed by atoms with van der Waals surface area (Å²) in [6, 6.07) is 13.6. The van der Waals surface area contributed by atoms with Crippen LogP contribution in [0.5, 0.6) is 0 Å². The molecule has 0 bridgehead atoms. The number of anilines is 1. The van der Waals surface area contributed by atoms with Crippen molar-refractivity contribution in [2.45, 2.75) is 20.3 Å². The molecule has 128 valence electrons. The van der Waals surface area contributed by atoms with E-state index in [1.165, 1.54) is 5.56 Å². The Labute approximate surface area is 146 Å². The van der Waals surface area contributed by atoms with E-state index in [2.05, 4.69) is 15.6 Å². The summed E-state index contributed by atoms with van der Waals surface area (Å²) in [5.41, 5.74) is 4.94. The fourth-order valence-electron chi connectivity index (χ4n) is 2.72. The molecule has 2 amide bonds. The van der Waals surface area contributed by atoms with Crippen molar-refractivity contribution in [3.8, 4) is 0 Å². The van der Waals surface area contributed by atoms with Gasteiger partial charge in [-0.25, -0.2) is 0 Å². The van der Waals surface area contributed by atoms with E-state index < -0.39 is 0 Å². The van der Waals surface area contributed by atoms with Crippen molar-refractivity contribution in [2.24, 2.45) is 0 Å². The molecule has 0 spiro atoms. The fourth-order valence-corrected chi connectivity index (χ4v) is 2.72. The van der Waals surface area contributed by atoms with E-state index in [1.807, 2.05) is 62.5 Å². The van der Waals surface area contributed by atoms with Gasteiger partial charge in [0.1, 0.15) is 0 Å². The van der Waals surface area contributed by atoms with Crippen molar-refractivity contribution in [1.82, 2.24) is 10.3 Å². The molecule has 0 aliphatic carbocycles. The van der Waals surface area contributed by atoms with Crippen molar-refractivity contribution < 1.29 is 9.59 Å². The molecule has 0 atom stereocenters. The highest BCUT2D eigenvalue weighted by Gasteiger charge is 2.10. The monoisotopic (exact) mass is 335 g/mol. The number of fused-ring (bicyclic) bond motifs is 1. The third-order valence-electron chi connectivity index (χ3n) is 4.26. The second kappa shape index (κ2) is 7.21. The molecule has 0 saturated heterocycles. The van der Waals surface area contributed by atoms with Gasteiger partial charge < -0.3 is 15.6 Å². The van der Waals surface area contributed by atoms with Crippen molar-refractivity contribution >= 4 is 28.4 Å². The highest BCUT2D eigenvalue weighted by atomic mass is 16.2. The third kappa shape index (κ3) is 4.07. The van der Waals surface area contributed by atoms with Crippen molar-refractivity contribution in [2.75, 3.05) is 11.9 Å². The molecule has 0 aliphatic rings. The predicted molar refractivity (Wildman–Crippen MR) is 99.6 cm³/mol. The summed E-state index contributed by atoms with van der Waals surface area (Å²) >= 11 is 0. The van der Waals surface area contributed by atoms with Crippen LogP contribution in [-0.4, -0.2) is 23.3 Å². The Morgan fingerprint density at radius 3 is 2.60 bits per heavy atom. The zero-order chi connectivity index (χ0) is 17.8. The number of hydrogen-bond donors (Lipinski definition) is 3. The van der Waals surface area contributed by atoms with Crippen LogP contribution in [-0.2, 0) is 16.0 Å². The Bertz CT molecular complexity index is 928. The quantitative estimate of drug-likeness (QED) is 0.670. The third-order valence-corrected chi connectivity index (χ3v) is 4.26. The molecule has 3 N–H and O–H groups in total. The molecule has 5 nitrogen and oxygen atoms in total. The molecular weight excluding hydrogens is 314 g/mol. The van der Waals surface area contributed by atoms with E-state index >= 15 is 0 Å². The van der Waals surface area contributed by atoms with Gasteiger partial charge in [-0.05, 0) is 48.7 Å². The molecule has 0 unspecified atom stereocenters. The van der Waals surface area contributed by atoms with Gasteiger partial charge in [-0.15, -0.1) is 0 Å². The first kappa shape index (κ1) is 16.8. The highest BCUT2D eigenvalue weighted by Crippen LogP contribution is 2.18. The Kier molecular flexibility index (Phi) is 4.84. The molecule has 1 heterocycles. The molecular formula is C20H21N3O2. The summed E-state index contributed by atoms with van der Waals surface area (Å²) in [4.78, 5) is 27.2. The van der Waals surface area contributed by atoms with Gasteiger partial charge in [-0.1, -0.05) is 24.3 Å². The second-order valence-corrected chi connectivity index (χ2v) is 6.16. The number of aromatic amines is 1. The summed E-state index contributed by atoms with van der Waals surface area (Å²) in [6.45, 7) is 3.97. The summed E-state index contributed by atoms with van der Waals surface area (Å²) in [7, 11) is 0. The van der Waals surface area contributed by atoms with Crippen LogP contribution in [0.15, 0.2) is 48.7 Å². The number of carbonyl (C=O) groups excluding carboxylic acids is 2. The molecule has 0 saturated carbocycles. The van der Waals surface area contributed by atoms with Crippen LogP contribution in [0, 0.1) is 13.8 Å². The number of aryl methyl sites for hydroxylation is 2. The van der Waals surface area contributed by atoms with Gasteiger partial charge in [0.2, 0.25) is 11.8 Å². The standard InChI is InChI=1S/C20H21N3O2/c1-13-7-8-16(9-14(13)2)23-20(25)12-22-19(24)10-15-11-21-18-6-4-3-5-17(15)18/h3-9,11,21H,10,12H2,1-2H3,(H,22,24)(H,23,25). The molecule has 1 aromatic heterocycles. The fraction of sp³-hybridized carbons (Fsp3) is 0.200. The largest absolute Gasteiger partial charge is 0.361 e. The molecule has 0 aliphatic heterocycles. The smallest absolute Gasteiger partial charge is 0.243 e. The van der Waals surface area contributed by atoms with Crippen LogP contribution in [0.25, 0.3) is 10.9 Å². The lowest BCUT2D eigenvalue weighted by Crippen LogP contribution is -2.33. The maximum Gasteiger partial charge on any atom is 0.243 e. The van der Waals surface area contributed by atoms with Crippen molar-refractivity contribution in [3.63, 3.8) is 0 Å².